The number of nitrogens with zero attached hydrogens (tertiary/aromatic N) is 2. The molecule has 40 heavy (non-hydrogen) atoms. The minimum atomic E-state index is -0.982. The van der Waals surface area contributed by atoms with Crippen molar-refractivity contribution in [3.05, 3.63) is 93.9 Å². The van der Waals surface area contributed by atoms with Crippen molar-refractivity contribution in [2.24, 2.45) is 4.99 Å². The van der Waals surface area contributed by atoms with Crippen molar-refractivity contribution < 1.29 is 33.7 Å². The number of hydrogen-bond donors (Lipinski definition) is 1. The minimum Gasteiger partial charge on any atom is -0.490 e. The van der Waals surface area contributed by atoms with Gasteiger partial charge in [-0.1, -0.05) is 18.2 Å². The number of hydrogen-bond acceptors (Lipinski definition) is 8. The molecule has 206 valence electrons. The van der Waals surface area contributed by atoms with Crippen LogP contribution in [0.15, 0.2) is 76.6 Å². The molecule has 0 atom stereocenters. The second-order valence-electron chi connectivity index (χ2n) is 8.57. The van der Waals surface area contributed by atoms with Crippen LogP contribution in [0.3, 0.4) is 0 Å². The van der Waals surface area contributed by atoms with Gasteiger partial charge in [-0.15, -0.1) is 0 Å². The number of amides is 1. The highest BCUT2D eigenvalue weighted by Crippen LogP contribution is 2.35. The first-order chi connectivity index (χ1) is 19.3. The zero-order valence-electron chi connectivity index (χ0n) is 22.2. The molecule has 3 aromatic carbocycles. The largest absolute Gasteiger partial charge is 0.490 e. The molecule has 9 nitrogen and oxygen atoms in total. The lowest BCUT2D eigenvalue weighted by molar-refractivity contribution is -0.121. The average molecular weight is 561 g/mol. The minimum absolute atomic E-state index is 0.185. The van der Waals surface area contributed by atoms with Crippen LogP contribution in [0.1, 0.15) is 45.7 Å². The molecule has 1 saturated heterocycles. The summed E-state index contributed by atoms with van der Waals surface area (Å²) in [5.41, 5.74) is 2.82. The highest BCUT2D eigenvalue weighted by molar-refractivity contribution is 8.18. The van der Waals surface area contributed by atoms with Crippen molar-refractivity contribution in [3.63, 3.8) is 0 Å². The van der Waals surface area contributed by atoms with Crippen molar-refractivity contribution in [1.29, 1.82) is 0 Å². The van der Waals surface area contributed by atoms with Crippen molar-refractivity contribution in [2.45, 2.75) is 20.5 Å². The fourth-order valence-corrected chi connectivity index (χ4v) is 4.69. The van der Waals surface area contributed by atoms with E-state index in [4.69, 9.17) is 19.3 Å². The lowest BCUT2D eigenvalue weighted by atomic mass is 10.1. The number of ether oxygens (including phenoxy) is 3. The van der Waals surface area contributed by atoms with Crippen LogP contribution in [-0.4, -0.2) is 53.3 Å². The lowest BCUT2D eigenvalue weighted by Crippen LogP contribution is -2.23. The number of carbonyl (C=O) groups excluding carboxylic acids is 2. The van der Waals surface area contributed by atoms with Gasteiger partial charge in [-0.2, -0.15) is 0 Å². The van der Waals surface area contributed by atoms with Gasteiger partial charge in [-0.3, -0.25) is 9.69 Å². The second kappa shape index (κ2) is 13.0. The Balaban J connectivity index is 1.49. The molecule has 1 heterocycles. The molecule has 1 fully saturated rings. The van der Waals surface area contributed by atoms with E-state index in [2.05, 4.69) is 4.99 Å². The van der Waals surface area contributed by atoms with Crippen LogP contribution in [0, 0.1) is 0 Å². The number of aromatic carboxylic acids is 1. The van der Waals surface area contributed by atoms with Crippen LogP contribution in [0.25, 0.3) is 6.08 Å². The number of benzene rings is 3. The van der Waals surface area contributed by atoms with Gasteiger partial charge in [0.05, 0.1) is 34.9 Å². The van der Waals surface area contributed by atoms with Gasteiger partial charge in [-0.05, 0) is 91.3 Å². The highest BCUT2D eigenvalue weighted by atomic mass is 32.2. The van der Waals surface area contributed by atoms with E-state index in [1.807, 2.05) is 13.0 Å². The van der Waals surface area contributed by atoms with Gasteiger partial charge >= 0.3 is 11.9 Å². The normalized spacial score (nSPS) is 15.0. The Hall–Kier alpha value is -4.57. The van der Waals surface area contributed by atoms with E-state index >= 15 is 0 Å². The van der Waals surface area contributed by atoms with Crippen molar-refractivity contribution in [2.75, 3.05) is 20.3 Å². The molecule has 0 unspecified atom stereocenters. The molecule has 0 saturated carbocycles. The zero-order chi connectivity index (χ0) is 28.6. The molecule has 4 rings (SSSR count). The molecule has 1 aliphatic rings. The molecule has 1 amide bonds. The summed E-state index contributed by atoms with van der Waals surface area (Å²) >= 11 is 1.25. The highest BCUT2D eigenvalue weighted by Gasteiger charge is 2.30. The summed E-state index contributed by atoms with van der Waals surface area (Å²) in [4.78, 5) is 42.4. The first-order valence-corrected chi connectivity index (χ1v) is 13.4. The van der Waals surface area contributed by atoms with Crippen molar-refractivity contribution in [3.8, 4) is 11.5 Å². The molecule has 10 heteroatoms. The van der Waals surface area contributed by atoms with E-state index in [1.165, 1.54) is 28.8 Å². The van der Waals surface area contributed by atoms with E-state index in [1.54, 1.807) is 68.6 Å². The standard InChI is InChI=1S/C30H28N2O7S/c1-4-37-25-16-20(8-15-24(25)39-18-19-6-9-21(10-7-19)28(34)35)17-26-27(33)32(3)30(40-26)31-23-13-11-22(12-14-23)29(36)38-5-2/h6-17H,4-5,18H2,1-3H3,(H,34,35). The predicted molar refractivity (Wildman–Crippen MR) is 153 cm³/mol. The van der Waals surface area contributed by atoms with Gasteiger partial charge in [0.2, 0.25) is 0 Å². The first kappa shape index (κ1) is 28.4. The third kappa shape index (κ3) is 6.89. The Morgan fingerprint density at radius 1 is 0.925 bits per heavy atom. The molecule has 0 bridgehead atoms. The van der Waals surface area contributed by atoms with Crippen molar-refractivity contribution >= 4 is 46.5 Å². The smallest absolute Gasteiger partial charge is 0.338 e. The molecule has 3 aromatic rings. The van der Waals surface area contributed by atoms with Crippen LogP contribution in [-0.2, 0) is 16.1 Å². The molecule has 0 spiro atoms. The monoisotopic (exact) mass is 560 g/mol. The van der Waals surface area contributed by atoms with Gasteiger partial charge in [0.1, 0.15) is 6.61 Å². The lowest BCUT2D eigenvalue weighted by Gasteiger charge is -2.13. The van der Waals surface area contributed by atoms with Crippen LogP contribution in [0.5, 0.6) is 11.5 Å². The third-order valence-electron chi connectivity index (χ3n) is 5.77. The number of amidine groups is 1. The zero-order valence-corrected chi connectivity index (χ0v) is 23.1. The Morgan fingerprint density at radius 3 is 2.27 bits per heavy atom. The van der Waals surface area contributed by atoms with Crippen LogP contribution < -0.4 is 9.47 Å². The summed E-state index contributed by atoms with van der Waals surface area (Å²) in [7, 11) is 1.66. The molecule has 1 N–H and O–H groups in total. The van der Waals surface area contributed by atoms with Crippen molar-refractivity contribution in [1.82, 2.24) is 4.90 Å². The summed E-state index contributed by atoms with van der Waals surface area (Å²) < 4.78 is 16.7. The molecule has 0 aromatic heterocycles. The summed E-state index contributed by atoms with van der Waals surface area (Å²) in [6.07, 6.45) is 1.77. The second-order valence-corrected chi connectivity index (χ2v) is 9.58. The molecule has 0 radical (unpaired) electrons. The van der Waals surface area contributed by atoms with Gasteiger partial charge in [-0.25, -0.2) is 14.6 Å². The summed E-state index contributed by atoms with van der Waals surface area (Å²) in [5, 5.41) is 9.57. The maximum absolute atomic E-state index is 12.9. The third-order valence-corrected chi connectivity index (χ3v) is 6.83. The van der Waals surface area contributed by atoms with Crippen LogP contribution >= 0.6 is 11.8 Å². The first-order valence-electron chi connectivity index (χ1n) is 12.5. The molecular formula is C30H28N2O7S. The fourth-order valence-electron chi connectivity index (χ4n) is 3.71. The van der Waals surface area contributed by atoms with E-state index in [9.17, 15) is 14.4 Å². The Kier molecular flexibility index (Phi) is 9.23. The van der Waals surface area contributed by atoms with Gasteiger partial charge < -0.3 is 19.3 Å². The quantitative estimate of drug-likeness (QED) is 0.245. The summed E-state index contributed by atoms with van der Waals surface area (Å²) in [6, 6.07) is 18.6. The SMILES string of the molecule is CCOC(=O)c1ccc(N=C2SC(=Cc3ccc(OCc4ccc(C(=O)O)cc4)c(OCC)c3)C(=O)N2C)cc1. The number of rotatable bonds is 10. The van der Waals surface area contributed by atoms with Gasteiger partial charge in [0.25, 0.3) is 5.91 Å². The Bertz CT molecular complexity index is 1460. The molecule has 0 aliphatic carbocycles. The average Bonchev–Trinajstić information content (AvgIpc) is 3.21. The Labute approximate surface area is 236 Å². The summed E-state index contributed by atoms with van der Waals surface area (Å²) in [6.45, 7) is 4.58. The molecule has 1 aliphatic heterocycles. The number of esters is 1. The fraction of sp³-hybridized carbons (Fsp3) is 0.200. The topological polar surface area (TPSA) is 115 Å². The molecular weight excluding hydrogens is 532 g/mol. The number of carboxylic acids is 1. The Morgan fingerprint density at radius 2 is 1.62 bits per heavy atom. The van der Waals surface area contributed by atoms with Crippen LogP contribution in [0.4, 0.5) is 5.69 Å². The maximum Gasteiger partial charge on any atom is 0.338 e. The number of carbonyl (C=O) groups is 3. The number of carboxylic acid groups (broad SMARTS) is 1. The van der Waals surface area contributed by atoms with Gasteiger partial charge in [0, 0.05) is 7.05 Å². The predicted octanol–water partition coefficient (Wildman–Crippen LogP) is 5.77. The maximum atomic E-state index is 12.9. The van der Waals surface area contributed by atoms with E-state index in [-0.39, 0.29) is 18.1 Å². The van der Waals surface area contributed by atoms with Gasteiger partial charge in [0.15, 0.2) is 16.7 Å². The number of likely N-dealkylation sites (N-methyl/N-ethyl adjacent to an activating group) is 1. The van der Waals surface area contributed by atoms with Crippen LogP contribution in [0.2, 0.25) is 0 Å². The van der Waals surface area contributed by atoms with E-state index in [0.717, 1.165) is 11.1 Å². The van der Waals surface area contributed by atoms with E-state index < -0.39 is 11.9 Å². The summed E-state index contributed by atoms with van der Waals surface area (Å²) in [5.74, 6) is -0.508. The van der Waals surface area contributed by atoms with E-state index in [0.29, 0.717) is 46.0 Å². The number of thioether (sulfide) groups is 1. The number of aliphatic imine (C=N–C) groups is 1.